The van der Waals surface area contributed by atoms with E-state index in [4.69, 9.17) is 4.74 Å². The average molecular weight is 279 g/mol. The van der Waals surface area contributed by atoms with E-state index in [9.17, 15) is 5.26 Å². The zero-order valence-corrected chi connectivity index (χ0v) is 13.6. The summed E-state index contributed by atoms with van der Waals surface area (Å²) in [4.78, 5) is 2.47. The molecule has 114 valence electrons. The first-order chi connectivity index (χ1) is 9.23. The Hall–Kier alpha value is -0.630. The molecule has 0 amide bonds. The molecule has 0 aromatic rings. The highest BCUT2D eigenvalue weighted by molar-refractivity contribution is 5.08. The van der Waals surface area contributed by atoms with Gasteiger partial charge in [-0.3, -0.25) is 10.2 Å². The Balaban J connectivity index is 1.95. The van der Waals surface area contributed by atoms with Crippen molar-refractivity contribution in [3.8, 4) is 6.07 Å². The second-order valence-corrected chi connectivity index (χ2v) is 7.53. The van der Waals surface area contributed by atoms with Crippen LogP contribution in [-0.4, -0.2) is 47.3 Å². The summed E-state index contributed by atoms with van der Waals surface area (Å²) in [5.74, 6) is 0. The first kappa shape index (κ1) is 15.8. The standard InChI is InChI=1S/C16H29N3O/c1-12(8-16(5,10-17)18-14-6-7-14)19-9-13(2)20-15(3,4)11-19/h12-14,18H,6-9,11H2,1-5H3. The summed E-state index contributed by atoms with van der Waals surface area (Å²) in [7, 11) is 0. The van der Waals surface area contributed by atoms with Gasteiger partial charge < -0.3 is 4.74 Å². The molecule has 20 heavy (non-hydrogen) atoms. The fourth-order valence-electron chi connectivity index (χ4n) is 3.37. The van der Waals surface area contributed by atoms with Gasteiger partial charge in [0.1, 0.15) is 5.54 Å². The number of rotatable bonds is 5. The second kappa shape index (κ2) is 5.63. The normalized spacial score (nSPS) is 31.3. The highest BCUT2D eigenvalue weighted by Gasteiger charge is 2.38. The maximum Gasteiger partial charge on any atom is 0.105 e. The Labute approximate surface area is 123 Å². The monoisotopic (exact) mass is 279 g/mol. The van der Waals surface area contributed by atoms with Crippen LogP contribution < -0.4 is 5.32 Å². The molecule has 4 heteroatoms. The van der Waals surface area contributed by atoms with Gasteiger partial charge in [0.25, 0.3) is 0 Å². The van der Waals surface area contributed by atoms with E-state index in [1.807, 2.05) is 6.92 Å². The lowest BCUT2D eigenvalue weighted by Gasteiger charge is -2.45. The predicted octanol–water partition coefficient (Wildman–Crippen LogP) is 2.30. The smallest absolute Gasteiger partial charge is 0.105 e. The second-order valence-electron chi connectivity index (χ2n) is 7.53. The largest absolute Gasteiger partial charge is 0.370 e. The zero-order chi connectivity index (χ0) is 15.0. The summed E-state index contributed by atoms with van der Waals surface area (Å²) >= 11 is 0. The van der Waals surface area contributed by atoms with Crippen molar-refractivity contribution >= 4 is 0 Å². The van der Waals surface area contributed by atoms with Crippen LogP contribution in [0, 0.1) is 11.3 Å². The number of hydrogen-bond acceptors (Lipinski definition) is 4. The van der Waals surface area contributed by atoms with Gasteiger partial charge in [-0.15, -0.1) is 0 Å². The van der Waals surface area contributed by atoms with E-state index in [-0.39, 0.29) is 11.7 Å². The lowest BCUT2D eigenvalue weighted by Crippen LogP contribution is -2.56. The quantitative estimate of drug-likeness (QED) is 0.839. The molecule has 0 spiro atoms. The van der Waals surface area contributed by atoms with Crippen molar-refractivity contribution in [1.29, 1.82) is 5.26 Å². The van der Waals surface area contributed by atoms with Crippen molar-refractivity contribution in [2.75, 3.05) is 13.1 Å². The molecule has 0 aromatic heterocycles. The minimum Gasteiger partial charge on any atom is -0.370 e. The van der Waals surface area contributed by atoms with Crippen LogP contribution in [0.1, 0.15) is 53.9 Å². The van der Waals surface area contributed by atoms with E-state index < -0.39 is 5.54 Å². The fraction of sp³-hybridized carbons (Fsp3) is 0.938. The van der Waals surface area contributed by atoms with Crippen LogP contribution in [0.3, 0.4) is 0 Å². The lowest BCUT2D eigenvalue weighted by atomic mass is 9.92. The molecule has 1 aliphatic heterocycles. The van der Waals surface area contributed by atoms with Crippen LogP contribution in [0.15, 0.2) is 0 Å². The Morgan fingerprint density at radius 1 is 1.50 bits per heavy atom. The van der Waals surface area contributed by atoms with Gasteiger partial charge in [0.2, 0.25) is 0 Å². The molecule has 1 saturated carbocycles. The Morgan fingerprint density at radius 3 is 2.65 bits per heavy atom. The Bertz CT molecular complexity index is 386. The highest BCUT2D eigenvalue weighted by Crippen LogP contribution is 2.28. The molecular weight excluding hydrogens is 250 g/mol. The molecule has 0 bridgehead atoms. The third-order valence-electron chi connectivity index (χ3n) is 4.27. The molecule has 2 fully saturated rings. The molecule has 3 unspecified atom stereocenters. The lowest BCUT2D eigenvalue weighted by molar-refractivity contribution is -0.137. The van der Waals surface area contributed by atoms with Gasteiger partial charge in [-0.1, -0.05) is 0 Å². The number of nitriles is 1. The van der Waals surface area contributed by atoms with E-state index in [1.165, 1.54) is 12.8 Å². The van der Waals surface area contributed by atoms with Crippen LogP contribution in [-0.2, 0) is 4.74 Å². The molecular formula is C16H29N3O. The van der Waals surface area contributed by atoms with Crippen LogP contribution in [0.25, 0.3) is 0 Å². The molecule has 2 aliphatic rings. The van der Waals surface area contributed by atoms with E-state index in [0.29, 0.717) is 12.1 Å². The first-order valence-corrected chi connectivity index (χ1v) is 7.84. The average Bonchev–Trinajstić information content (AvgIpc) is 3.10. The van der Waals surface area contributed by atoms with Gasteiger partial charge in [-0.2, -0.15) is 5.26 Å². The summed E-state index contributed by atoms with van der Waals surface area (Å²) < 4.78 is 5.96. The summed E-state index contributed by atoms with van der Waals surface area (Å²) in [5.41, 5.74) is -0.509. The number of morpholine rings is 1. The van der Waals surface area contributed by atoms with Crippen molar-refractivity contribution in [2.24, 2.45) is 0 Å². The minimum absolute atomic E-state index is 0.0983. The fourth-order valence-corrected chi connectivity index (χ4v) is 3.37. The zero-order valence-electron chi connectivity index (χ0n) is 13.6. The summed E-state index contributed by atoms with van der Waals surface area (Å²) in [6.45, 7) is 12.6. The number of nitrogens with one attached hydrogen (secondary N) is 1. The van der Waals surface area contributed by atoms with E-state index in [1.54, 1.807) is 0 Å². The van der Waals surface area contributed by atoms with Crippen molar-refractivity contribution in [3.63, 3.8) is 0 Å². The number of ether oxygens (including phenoxy) is 1. The molecule has 0 radical (unpaired) electrons. The van der Waals surface area contributed by atoms with Crippen LogP contribution >= 0.6 is 0 Å². The highest BCUT2D eigenvalue weighted by atomic mass is 16.5. The molecule has 3 atom stereocenters. The van der Waals surface area contributed by atoms with E-state index in [2.05, 4.69) is 44.0 Å². The number of nitrogens with zero attached hydrogens (tertiary/aromatic N) is 2. The van der Waals surface area contributed by atoms with Crippen molar-refractivity contribution in [3.05, 3.63) is 0 Å². The third kappa shape index (κ3) is 4.18. The first-order valence-electron chi connectivity index (χ1n) is 7.84. The van der Waals surface area contributed by atoms with Crippen LogP contribution in [0.4, 0.5) is 0 Å². The Kier molecular flexibility index (Phi) is 4.44. The molecule has 4 nitrogen and oxygen atoms in total. The summed E-state index contributed by atoms with van der Waals surface area (Å²) in [6.07, 6.45) is 3.55. The molecule has 2 rings (SSSR count). The van der Waals surface area contributed by atoms with Gasteiger partial charge in [0.15, 0.2) is 0 Å². The number of hydrogen-bond donors (Lipinski definition) is 1. The van der Waals surface area contributed by atoms with Gasteiger partial charge in [-0.05, 0) is 53.9 Å². The minimum atomic E-state index is -0.410. The topological polar surface area (TPSA) is 48.3 Å². The van der Waals surface area contributed by atoms with Gasteiger partial charge >= 0.3 is 0 Å². The van der Waals surface area contributed by atoms with Crippen LogP contribution in [0.2, 0.25) is 0 Å². The van der Waals surface area contributed by atoms with Crippen molar-refractivity contribution in [1.82, 2.24) is 10.2 Å². The summed E-state index contributed by atoms with van der Waals surface area (Å²) in [6, 6.07) is 3.43. The van der Waals surface area contributed by atoms with Gasteiger partial charge in [0, 0.05) is 25.2 Å². The maximum absolute atomic E-state index is 9.51. The van der Waals surface area contributed by atoms with Crippen LogP contribution in [0.5, 0.6) is 0 Å². The molecule has 1 saturated heterocycles. The molecule has 1 N–H and O–H groups in total. The van der Waals surface area contributed by atoms with E-state index in [0.717, 1.165) is 19.5 Å². The summed E-state index contributed by atoms with van der Waals surface area (Å²) in [5, 5.41) is 13.0. The molecule has 1 aliphatic carbocycles. The molecule has 0 aromatic carbocycles. The maximum atomic E-state index is 9.51. The SMILES string of the molecule is CC1CN(C(C)CC(C)(C#N)NC2CC2)CC(C)(C)O1. The van der Waals surface area contributed by atoms with Crippen molar-refractivity contribution in [2.45, 2.75) is 83.2 Å². The Morgan fingerprint density at radius 2 is 2.15 bits per heavy atom. The van der Waals surface area contributed by atoms with E-state index >= 15 is 0 Å². The van der Waals surface area contributed by atoms with Crippen molar-refractivity contribution < 1.29 is 4.74 Å². The van der Waals surface area contributed by atoms with Gasteiger partial charge in [-0.25, -0.2) is 0 Å². The third-order valence-corrected chi connectivity index (χ3v) is 4.27. The van der Waals surface area contributed by atoms with Gasteiger partial charge in [0.05, 0.1) is 17.8 Å². The molecule has 1 heterocycles. The predicted molar refractivity (Wildman–Crippen MR) is 80.5 cm³/mol.